The molecule has 0 radical (unpaired) electrons. The maximum atomic E-state index is 5.94. The van der Waals surface area contributed by atoms with Gasteiger partial charge in [0.2, 0.25) is 0 Å². The Balaban J connectivity index is 2.06. The molecule has 3 heteroatoms. The van der Waals surface area contributed by atoms with Crippen molar-refractivity contribution in [2.75, 3.05) is 13.1 Å². The van der Waals surface area contributed by atoms with E-state index in [0.29, 0.717) is 6.10 Å². The summed E-state index contributed by atoms with van der Waals surface area (Å²) in [4.78, 5) is 4.49. The number of aromatic nitrogens is 1. The Morgan fingerprint density at radius 1 is 1.31 bits per heavy atom. The van der Waals surface area contributed by atoms with Gasteiger partial charge in [-0.1, -0.05) is 12.1 Å². The SMILES string of the molecule is Cc1cc(OC2CNC2)c2ccccc2n1. The van der Waals surface area contributed by atoms with Crippen molar-refractivity contribution in [1.29, 1.82) is 0 Å². The lowest BCUT2D eigenvalue weighted by Crippen LogP contribution is -2.50. The molecule has 0 atom stereocenters. The molecular weight excluding hydrogens is 200 g/mol. The molecule has 0 unspecified atom stereocenters. The zero-order valence-electron chi connectivity index (χ0n) is 9.23. The zero-order valence-corrected chi connectivity index (χ0v) is 9.23. The second kappa shape index (κ2) is 3.76. The average molecular weight is 214 g/mol. The van der Waals surface area contributed by atoms with Crippen molar-refractivity contribution in [2.24, 2.45) is 0 Å². The van der Waals surface area contributed by atoms with Crippen molar-refractivity contribution in [2.45, 2.75) is 13.0 Å². The van der Waals surface area contributed by atoms with Crippen LogP contribution in [0.5, 0.6) is 5.75 Å². The van der Waals surface area contributed by atoms with Crippen LogP contribution in [0.2, 0.25) is 0 Å². The second-order valence-corrected chi connectivity index (χ2v) is 4.18. The van der Waals surface area contributed by atoms with Gasteiger partial charge in [0.15, 0.2) is 0 Å². The van der Waals surface area contributed by atoms with Crippen LogP contribution >= 0.6 is 0 Å². The number of hydrogen-bond acceptors (Lipinski definition) is 3. The molecule has 16 heavy (non-hydrogen) atoms. The van der Waals surface area contributed by atoms with E-state index in [1.54, 1.807) is 0 Å². The number of benzene rings is 1. The molecule has 2 aromatic rings. The van der Waals surface area contributed by atoms with Crippen molar-refractivity contribution >= 4 is 10.9 Å². The van der Waals surface area contributed by atoms with Gasteiger partial charge in [0.25, 0.3) is 0 Å². The first kappa shape index (κ1) is 9.60. The molecule has 0 aliphatic carbocycles. The Hall–Kier alpha value is -1.61. The Bertz CT molecular complexity index is 520. The van der Waals surface area contributed by atoms with Crippen LogP contribution in [0.4, 0.5) is 0 Å². The molecule has 1 N–H and O–H groups in total. The molecular formula is C13H14N2O. The van der Waals surface area contributed by atoms with Crippen molar-refractivity contribution in [3.8, 4) is 5.75 Å². The van der Waals surface area contributed by atoms with Crippen molar-refractivity contribution in [3.05, 3.63) is 36.0 Å². The highest BCUT2D eigenvalue weighted by atomic mass is 16.5. The largest absolute Gasteiger partial charge is 0.487 e. The third-order valence-electron chi connectivity index (χ3n) is 2.84. The zero-order chi connectivity index (χ0) is 11.0. The minimum absolute atomic E-state index is 0.310. The van der Waals surface area contributed by atoms with E-state index in [1.807, 2.05) is 31.2 Å². The molecule has 1 aliphatic heterocycles. The Labute approximate surface area is 94.5 Å². The summed E-state index contributed by atoms with van der Waals surface area (Å²) in [5.41, 5.74) is 2.01. The van der Waals surface area contributed by atoms with Crippen LogP contribution in [0, 0.1) is 6.92 Å². The van der Waals surface area contributed by atoms with Gasteiger partial charge < -0.3 is 10.1 Å². The molecule has 2 heterocycles. The van der Waals surface area contributed by atoms with E-state index in [2.05, 4.69) is 16.4 Å². The van der Waals surface area contributed by atoms with Crippen LogP contribution in [0.15, 0.2) is 30.3 Å². The summed E-state index contributed by atoms with van der Waals surface area (Å²) in [6.45, 7) is 3.88. The number of para-hydroxylation sites is 1. The van der Waals surface area contributed by atoms with E-state index in [0.717, 1.165) is 35.4 Å². The smallest absolute Gasteiger partial charge is 0.131 e. The first-order valence-corrected chi connectivity index (χ1v) is 5.57. The summed E-state index contributed by atoms with van der Waals surface area (Å²) in [7, 11) is 0. The fourth-order valence-electron chi connectivity index (χ4n) is 1.89. The molecule has 1 aliphatic rings. The van der Waals surface area contributed by atoms with Gasteiger partial charge in [0.05, 0.1) is 5.52 Å². The quantitative estimate of drug-likeness (QED) is 0.829. The molecule has 1 fully saturated rings. The number of nitrogens with one attached hydrogen (secondary N) is 1. The van der Waals surface area contributed by atoms with Gasteiger partial charge in [0.1, 0.15) is 11.9 Å². The summed E-state index contributed by atoms with van der Waals surface area (Å²) < 4.78 is 5.94. The highest BCUT2D eigenvalue weighted by Crippen LogP contribution is 2.26. The van der Waals surface area contributed by atoms with Crippen molar-refractivity contribution in [3.63, 3.8) is 0 Å². The lowest BCUT2D eigenvalue weighted by molar-refractivity contribution is 0.144. The molecule has 3 rings (SSSR count). The highest BCUT2D eigenvalue weighted by Gasteiger charge is 2.19. The fraction of sp³-hybridized carbons (Fsp3) is 0.308. The van der Waals surface area contributed by atoms with Crippen LogP contribution in [-0.4, -0.2) is 24.2 Å². The molecule has 0 bridgehead atoms. The minimum atomic E-state index is 0.310. The number of pyridine rings is 1. The van der Waals surface area contributed by atoms with E-state index in [4.69, 9.17) is 4.74 Å². The normalized spacial score (nSPS) is 16.1. The molecule has 3 nitrogen and oxygen atoms in total. The topological polar surface area (TPSA) is 34.1 Å². The van der Waals surface area contributed by atoms with Crippen LogP contribution < -0.4 is 10.1 Å². The molecule has 1 aromatic carbocycles. The summed E-state index contributed by atoms with van der Waals surface area (Å²) >= 11 is 0. The predicted octanol–water partition coefficient (Wildman–Crippen LogP) is 1.89. The standard InChI is InChI=1S/C13H14N2O/c1-9-6-13(16-10-7-14-8-10)11-4-2-3-5-12(11)15-9/h2-6,10,14H,7-8H2,1H3. The van der Waals surface area contributed by atoms with Crippen LogP contribution in [0.1, 0.15) is 5.69 Å². The van der Waals surface area contributed by atoms with Crippen LogP contribution in [0.3, 0.4) is 0 Å². The number of fused-ring (bicyclic) bond motifs is 1. The number of nitrogens with zero attached hydrogens (tertiary/aromatic N) is 1. The van der Waals surface area contributed by atoms with Gasteiger partial charge in [-0.2, -0.15) is 0 Å². The van der Waals surface area contributed by atoms with Gasteiger partial charge in [-0.15, -0.1) is 0 Å². The average Bonchev–Trinajstić information content (AvgIpc) is 2.23. The van der Waals surface area contributed by atoms with Gasteiger partial charge in [-0.05, 0) is 19.1 Å². The number of hydrogen-bond donors (Lipinski definition) is 1. The lowest BCUT2D eigenvalue weighted by atomic mass is 10.1. The van der Waals surface area contributed by atoms with E-state index < -0.39 is 0 Å². The van der Waals surface area contributed by atoms with Crippen LogP contribution in [0.25, 0.3) is 10.9 Å². The maximum absolute atomic E-state index is 5.94. The maximum Gasteiger partial charge on any atom is 0.131 e. The van der Waals surface area contributed by atoms with Crippen molar-refractivity contribution < 1.29 is 4.74 Å². The number of ether oxygens (including phenoxy) is 1. The molecule has 0 amide bonds. The molecule has 0 spiro atoms. The second-order valence-electron chi connectivity index (χ2n) is 4.18. The fourth-order valence-corrected chi connectivity index (χ4v) is 1.89. The Kier molecular flexibility index (Phi) is 2.26. The summed E-state index contributed by atoms with van der Waals surface area (Å²) in [5, 5.41) is 4.30. The third-order valence-corrected chi connectivity index (χ3v) is 2.84. The molecule has 82 valence electrons. The van der Waals surface area contributed by atoms with Gasteiger partial charge in [-0.25, -0.2) is 0 Å². The van der Waals surface area contributed by atoms with E-state index >= 15 is 0 Å². The predicted molar refractivity (Wildman–Crippen MR) is 63.8 cm³/mol. The van der Waals surface area contributed by atoms with Gasteiger partial charge in [0, 0.05) is 30.2 Å². The summed E-state index contributed by atoms with van der Waals surface area (Å²) in [6.07, 6.45) is 0.310. The van der Waals surface area contributed by atoms with Gasteiger partial charge in [-0.3, -0.25) is 4.98 Å². The third kappa shape index (κ3) is 1.63. The molecule has 1 saturated heterocycles. The van der Waals surface area contributed by atoms with E-state index in [9.17, 15) is 0 Å². The Morgan fingerprint density at radius 3 is 2.88 bits per heavy atom. The van der Waals surface area contributed by atoms with E-state index in [-0.39, 0.29) is 0 Å². The monoisotopic (exact) mass is 214 g/mol. The molecule has 1 aromatic heterocycles. The lowest BCUT2D eigenvalue weighted by Gasteiger charge is -2.28. The first-order valence-electron chi connectivity index (χ1n) is 5.57. The number of aryl methyl sites for hydroxylation is 1. The summed E-state index contributed by atoms with van der Waals surface area (Å²) in [5.74, 6) is 0.953. The highest BCUT2D eigenvalue weighted by molar-refractivity contribution is 5.85. The van der Waals surface area contributed by atoms with Crippen molar-refractivity contribution in [1.82, 2.24) is 10.3 Å². The van der Waals surface area contributed by atoms with E-state index in [1.165, 1.54) is 0 Å². The van der Waals surface area contributed by atoms with Gasteiger partial charge >= 0.3 is 0 Å². The van der Waals surface area contributed by atoms with Crippen LogP contribution in [-0.2, 0) is 0 Å². The summed E-state index contributed by atoms with van der Waals surface area (Å²) in [6, 6.07) is 10.1. The first-order chi connectivity index (χ1) is 7.83. The minimum Gasteiger partial charge on any atom is -0.487 e. The Morgan fingerprint density at radius 2 is 2.12 bits per heavy atom. The number of rotatable bonds is 2. The molecule has 0 saturated carbocycles.